The van der Waals surface area contributed by atoms with Crippen molar-refractivity contribution in [2.75, 3.05) is 49.2 Å². The van der Waals surface area contributed by atoms with Gasteiger partial charge in [0, 0.05) is 75.1 Å². The maximum atomic E-state index is 15.1. The fourth-order valence-electron chi connectivity index (χ4n) is 8.64. The standard InChI is InChI=1S/C25H32FN5O2.C20H21FN4O2/c1-4-17-13-20-15(2)22(25-27-16(3)30-33-25)24(29-23(20)21(26)14-17)31-9-5-18(6-10-31)28-19-7-11-32-12-8-19;1-4-13-9-15-11(2)17(20-22-12(3)24-27-20)19(23-18(15)16(21)10-13)25-7-5-14(26)6-8-25/h13-14,18-19,28H,4-12H2,1-3H3;9-10H,4-8H2,1-3H3. The normalized spacial score (nSPS) is 16.8. The van der Waals surface area contributed by atoms with Gasteiger partial charge in [-0.15, -0.1) is 0 Å². The molecule has 0 spiro atoms. The first kappa shape index (κ1) is 41.3. The van der Waals surface area contributed by atoms with E-state index < -0.39 is 0 Å². The number of anilines is 2. The van der Waals surface area contributed by atoms with Crippen LogP contribution in [0.5, 0.6) is 0 Å². The van der Waals surface area contributed by atoms with Crippen LogP contribution in [0.4, 0.5) is 20.4 Å². The topological polar surface area (TPSA) is 148 Å². The number of ether oxygens (including phenoxy) is 1. The maximum Gasteiger partial charge on any atom is 0.261 e. The molecule has 0 aliphatic carbocycles. The molecule has 316 valence electrons. The zero-order valence-electron chi connectivity index (χ0n) is 35.3. The highest BCUT2D eigenvalue weighted by atomic mass is 19.1. The van der Waals surface area contributed by atoms with Gasteiger partial charge >= 0.3 is 0 Å². The van der Waals surface area contributed by atoms with Gasteiger partial charge in [0.15, 0.2) is 11.6 Å². The molecule has 3 aliphatic rings. The van der Waals surface area contributed by atoms with Crippen LogP contribution in [0.2, 0.25) is 0 Å². The number of hydrogen-bond acceptors (Lipinski definition) is 13. The maximum absolute atomic E-state index is 15.1. The van der Waals surface area contributed by atoms with Crippen LogP contribution in [0.1, 0.15) is 86.3 Å². The molecule has 3 fully saturated rings. The number of ketones is 1. The number of carbonyl (C=O) groups is 1. The first-order valence-electron chi connectivity index (χ1n) is 21.2. The Balaban J connectivity index is 0.000000170. The lowest BCUT2D eigenvalue weighted by atomic mass is 9.98. The molecule has 3 aliphatic heterocycles. The van der Waals surface area contributed by atoms with Gasteiger partial charge in [-0.05, 0) is 113 Å². The molecule has 2 aromatic carbocycles. The second-order valence-corrected chi connectivity index (χ2v) is 16.2. The van der Waals surface area contributed by atoms with Crippen molar-refractivity contribution in [3.05, 3.63) is 69.8 Å². The van der Waals surface area contributed by atoms with Gasteiger partial charge in [0.25, 0.3) is 11.8 Å². The molecule has 0 bridgehead atoms. The van der Waals surface area contributed by atoms with E-state index in [2.05, 4.69) is 35.5 Å². The number of carbonyl (C=O) groups excluding carboxylic acids is 1. The summed E-state index contributed by atoms with van der Waals surface area (Å²) < 4.78 is 46.3. The first-order chi connectivity index (χ1) is 29.0. The Bertz CT molecular complexity index is 2510. The number of nitrogens with one attached hydrogen (secondary N) is 1. The van der Waals surface area contributed by atoms with Crippen molar-refractivity contribution < 1.29 is 27.4 Å². The Labute approximate surface area is 348 Å². The number of hydrogen-bond donors (Lipinski definition) is 1. The number of nitrogens with zero attached hydrogens (tertiary/aromatic N) is 8. The van der Waals surface area contributed by atoms with Crippen LogP contribution in [0.3, 0.4) is 0 Å². The molecule has 0 atom stereocenters. The number of rotatable bonds is 8. The third-order valence-electron chi connectivity index (χ3n) is 12.1. The number of fused-ring (bicyclic) bond motifs is 2. The van der Waals surface area contributed by atoms with Gasteiger partial charge in [0.2, 0.25) is 0 Å². The fourth-order valence-corrected chi connectivity index (χ4v) is 8.64. The van der Waals surface area contributed by atoms with Crippen LogP contribution >= 0.6 is 0 Å². The SMILES string of the molecule is CCc1cc(F)c2nc(N3CCC(=O)CC3)c(-c3nc(C)no3)c(C)c2c1.CCc1cc(F)c2nc(N3CCC(NC4CCOCC4)CC3)c(-c3nc(C)no3)c(C)c2c1. The van der Waals surface area contributed by atoms with Crippen molar-refractivity contribution in [2.24, 2.45) is 0 Å². The number of pyridine rings is 2. The Hall–Kier alpha value is -5.41. The second kappa shape index (κ2) is 17.7. The third kappa shape index (κ3) is 8.46. The van der Waals surface area contributed by atoms with Crippen LogP contribution in [0.15, 0.2) is 33.3 Å². The average molecular weight is 822 g/mol. The van der Waals surface area contributed by atoms with Gasteiger partial charge in [-0.3, -0.25) is 4.79 Å². The van der Waals surface area contributed by atoms with Crippen molar-refractivity contribution in [1.29, 1.82) is 0 Å². The van der Waals surface area contributed by atoms with E-state index in [9.17, 15) is 9.18 Å². The van der Waals surface area contributed by atoms with E-state index in [-0.39, 0.29) is 17.4 Å². The molecular weight excluding hydrogens is 769 g/mol. The van der Waals surface area contributed by atoms with E-state index in [1.54, 1.807) is 19.9 Å². The summed E-state index contributed by atoms with van der Waals surface area (Å²) in [6.45, 7) is 16.0. The number of piperidine rings is 2. The summed E-state index contributed by atoms with van der Waals surface area (Å²) in [6, 6.07) is 8.14. The Morgan fingerprint density at radius 1 is 0.650 bits per heavy atom. The predicted octanol–water partition coefficient (Wildman–Crippen LogP) is 8.11. The molecule has 15 heteroatoms. The van der Waals surface area contributed by atoms with E-state index in [4.69, 9.17) is 18.8 Å². The van der Waals surface area contributed by atoms with Crippen molar-refractivity contribution in [2.45, 2.75) is 105 Å². The quantitative estimate of drug-likeness (QED) is 0.158. The van der Waals surface area contributed by atoms with Crippen LogP contribution in [-0.4, -0.2) is 87.5 Å². The highest BCUT2D eigenvalue weighted by molar-refractivity contribution is 5.94. The molecule has 0 saturated carbocycles. The summed E-state index contributed by atoms with van der Waals surface area (Å²) in [6.07, 6.45) is 6.58. The fraction of sp³-hybridized carbons (Fsp3) is 0.489. The molecule has 3 saturated heterocycles. The summed E-state index contributed by atoms with van der Waals surface area (Å²) >= 11 is 0. The summed E-state index contributed by atoms with van der Waals surface area (Å²) in [7, 11) is 0. The average Bonchev–Trinajstić information content (AvgIpc) is 3.89. The summed E-state index contributed by atoms with van der Waals surface area (Å²) in [5.74, 6) is 2.86. The molecular formula is C45H53F2N9O4. The summed E-state index contributed by atoms with van der Waals surface area (Å²) in [4.78, 5) is 34.3. The highest BCUT2D eigenvalue weighted by Gasteiger charge is 2.30. The van der Waals surface area contributed by atoms with Crippen molar-refractivity contribution in [3.8, 4) is 22.9 Å². The van der Waals surface area contributed by atoms with Gasteiger partial charge in [-0.25, -0.2) is 18.7 Å². The van der Waals surface area contributed by atoms with Gasteiger partial charge in [0.05, 0.1) is 11.1 Å². The minimum Gasteiger partial charge on any atom is -0.381 e. The van der Waals surface area contributed by atoms with Gasteiger partial charge in [0.1, 0.15) is 40.1 Å². The van der Waals surface area contributed by atoms with E-state index in [1.807, 2.05) is 44.7 Å². The minimum atomic E-state index is -0.338. The molecule has 4 aromatic heterocycles. The molecule has 9 rings (SSSR count). The van der Waals surface area contributed by atoms with Crippen LogP contribution < -0.4 is 15.1 Å². The predicted molar refractivity (Wildman–Crippen MR) is 226 cm³/mol. The van der Waals surface area contributed by atoms with Crippen molar-refractivity contribution in [1.82, 2.24) is 35.6 Å². The summed E-state index contributed by atoms with van der Waals surface area (Å²) in [5, 5.41) is 13.3. The van der Waals surface area contributed by atoms with Gasteiger partial charge in [-0.1, -0.05) is 24.2 Å². The van der Waals surface area contributed by atoms with E-state index in [0.717, 1.165) is 109 Å². The van der Waals surface area contributed by atoms with Gasteiger partial charge in [-0.2, -0.15) is 9.97 Å². The molecule has 13 nitrogen and oxygen atoms in total. The van der Waals surface area contributed by atoms with Gasteiger partial charge < -0.3 is 28.9 Å². The highest BCUT2D eigenvalue weighted by Crippen LogP contribution is 2.40. The second-order valence-electron chi connectivity index (χ2n) is 16.2. The zero-order chi connectivity index (χ0) is 42.1. The summed E-state index contributed by atoms with van der Waals surface area (Å²) in [5.41, 5.74) is 5.90. The largest absolute Gasteiger partial charge is 0.381 e. The number of aromatic nitrogens is 6. The van der Waals surface area contributed by atoms with Crippen LogP contribution in [-0.2, 0) is 22.4 Å². The third-order valence-corrected chi connectivity index (χ3v) is 12.1. The molecule has 1 N–H and O–H groups in total. The lowest BCUT2D eigenvalue weighted by Gasteiger charge is -2.37. The lowest BCUT2D eigenvalue weighted by molar-refractivity contribution is -0.119. The zero-order valence-corrected chi connectivity index (χ0v) is 35.3. The van der Waals surface area contributed by atoms with Crippen molar-refractivity contribution in [3.63, 3.8) is 0 Å². The van der Waals surface area contributed by atoms with Crippen LogP contribution in [0, 0.1) is 39.3 Å². The van der Waals surface area contributed by atoms with E-state index in [1.165, 1.54) is 6.07 Å². The molecule has 0 amide bonds. The van der Waals surface area contributed by atoms with Crippen molar-refractivity contribution >= 4 is 39.2 Å². The van der Waals surface area contributed by atoms with Crippen LogP contribution in [0.25, 0.3) is 44.7 Å². The molecule has 0 radical (unpaired) electrons. The Kier molecular flexibility index (Phi) is 12.2. The Morgan fingerprint density at radius 2 is 1.10 bits per heavy atom. The first-order valence-corrected chi connectivity index (χ1v) is 21.2. The smallest absolute Gasteiger partial charge is 0.261 e. The number of Topliss-reactive ketones (excluding diaryl/α,β-unsaturated/α-hetero) is 1. The minimum absolute atomic E-state index is 0.234. The molecule has 6 aromatic rings. The number of halogens is 2. The number of benzene rings is 2. The number of aryl methyl sites for hydroxylation is 6. The lowest BCUT2D eigenvalue weighted by Crippen LogP contribution is -2.48. The molecule has 60 heavy (non-hydrogen) atoms. The Morgan fingerprint density at radius 3 is 1.53 bits per heavy atom. The monoisotopic (exact) mass is 821 g/mol. The molecule has 0 unspecified atom stereocenters. The van der Waals surface area contributed by atoms with E-state index in [0.29, 0.717) is 83.9 Å². The molecule has 7 heterocycles. The van der Waals surface area contributed by atoms with E-state index >= 15 is 4.39 Å².